The maximum Gasteiger partial charge on any atom is 0.227 e. The Hall–Kier alpha value is -0.420. The molecule has 2 nitrogen and oxygen atoms in total. The van der Waals surface area contributed by atoms with Gasteiger partial charge in [0.05, 0.1) is 5.69 Å². The number of amides is 1. The fraction of sp³-hybridized carbons (Fsp3) is 0.364. The number of anilines is 1. The first kappa shape index (κ1) is 12.0. The Morgan fingerprint density at radius 3 is 2.81 bits per heavy atom. The van der Waals surface area contributed by atoms with Gasteiger partial charge in [-0.25, -0.2) is 4.39 Å². The van der Waals surface area contributed by atoms with Gasteiger partial charge in [-0.3, -0.25) is 4.79 Å². The van der Waals surface area contributed by atoms with E-state index < -0.39 is 0 Å². The predicted molar refractivity (Wildman–Crippen MR) is 68.4 cm³/mol. The Bertz CT molecular complexity index is 404. The van der Waals surface area contributed by atoms with Gasteiger partial charge in [0.15, 0.2) is 0 Å². The third kappa shape index (κ3) is 2.15. The molecular formula is C11H10Br2FNO. The highest BCUT2D eigenvalue weighted by molar-refractivity contribution is 9.10. The van der Waals surface area contributed by atoms with Gasteiger partial charge >= 0.3 is 0 Å². The lowest BCUT2D eigenvalue weighted by molar-refractivity contribution is -0.117. The molecule has 1 aliphatic rings. The summed E-state index contributed by atoms with van der Waals surface area (Å²) in [6.07, 6.45) is 0.478. The van der Waals surface area contributed by atoms with Crippen LogP contribution in [-0.4, -0.2) is 17.8 Å². The largest absolute Gasteiger partial charge is 0.308 e. The normalized spacial score (nSPS) is 20.6. The second-order valence-corrected chi connectivity index (χ2v) is 5.30. The molecule has 1 aromatic rings. The molecule has 5 heteroatoms. The molecule has 0 aromatic heterocycles. The van der Waals surface area contributed by atoms with Crippen molar-refractivity contribution in [1.82, 2.24) is 0 Å². The fourth-order valence-electron chi connectivity index (χ4n) is 1.85. The third-order valence-electron chi connectivity index (χ3n) is 2.63. The molecule has 2 rings (SSSR count). The van der Waals surface area contributed by atoms with E-state index in [2.05, 4.69) is 31.9 Å². The molecule has 1 aliphatic heterocycles. The summed E-state index contributed by atoms with van der Waals surface area (Å²) < 4.78 is 14.3. The molecule has 0 radical (unpaired) electrons. The van der Waals surface area contributed by atoms with E-state index in [1.807, 2.05) is 0 Å². The zero-order chi connectivity index (χ0) is 11.7. The number of benzene rings is 1. The molecule has 1 amide bonds. The molecule has 16 heavy (non-hydrogen) atoms. The first-order valence-corrected chi connectivity index (χ1v) is 6.85. The number of alkyl halides is 1. The standard InChI is InChI=1S/C11H10Br2FNO/c12-5-7-4-10(16)15(6-7)11-8(13)2-1-3-9(11)14/h1-3,7H,4-6H2. The van der Waals surface area contributed by atoms with Gasteiger partial charge < -0.3 is 4.90 Å². The summed E-state index contributed by atoms with van der Waals surface area (Å²) in [4.78, 5) is 13.3. The van der Waals surface area contributed by atoms with Crippen molar-refractivity contribution in [2.24, 2.45) is 5.92 Å². The van der Waals surface area contributed by atoms with Crippen molar-refractivity contribution < 1.29 is 9.18 Å². The van der Waals surface area contributed by atoms with Crippen LogP contribution < -0.4 is 4.90 Å². The van der Waals surface area contributed by atoms with E-state index in [1.54, 1.807) is 12.1 Å². The van der Waals surface area contributed by atoms with Crippen molar-refractivity contribution in [3.05, 3.63) is 28.5 Å². The quantitative estimate of drug-likeness (QED) is 0.749. The Morgan fingerprint density at radius 2 is 2.25 bits per heavy atom. The van der Waals surface area contributed by atoms with Crippen LogP contribution in [0.15, 0.2) is 22.7 Å². The van der Waals surface area contributed by atoms with E-state index in [0.29, 0.717) is 23.1 Å². The van der Waals surface area contributed by atoms with Crippen LogP contribution in [0.4, 0.5) is 10.1 Å². The number of carbonyl (C=O) groups is 1. The molecule has 86 valence electrons. The number of rotatable bonds is 2. The van der Waals surface area contributed by atoms with E-state index >= 15 is 0 Å². The van der Waals surface area contributed by atoms with Crippen LogP contribution in [0.1, 0.15) is 6.42 Å². The second-order valence-electron chi connectivity index (χ2n) is 3.80. The molecule has 1 saturated heterocycles. The monoisotopic (exact) mass is 349 g/mol. The zero-order valence-corrected chi connectivity index (χ0v) is 11.6. The average molecular weight is 351 g/mol. The van der Waals surface area contributed by atoms with Gasteiger partial charge in [0.25, 0.3) is 0 Å². The highest BCUT2D eigenvalue weighted by Crippen LogP contribution is 2.34. The number of hydrogen-bond acceptors (Lipinski definition) is 1. The molecule has 1 atom stereocenters. The third-order valence-corrected chi connectivity index (χ3v) is 4.19. The zero-order valence-electron chi connectivity index (χ0n) is 8.42. The molecule has 0 saturated carbocycles. The van der Waals surface area contributed by atoms with Gasteiger partial charge in [0, 0.05) is 22.8 Å². The molecule has 1 fully saturated rings. The van der Waals surface area contributed by atoms with Crippen LogP contribution in [0, 0.1) is 11.7 Å². The number of hydrogen-bond donors (Lipinski definition) is 0. The van der Waals surface area contributed by atoms with Crippen molar-refractivity contribution in [3.8, 4) is 0 Å². The highest BCUT2D eigenvalue weighted by Gasteiger charge is 2.32. The van der Waals surface area contributed by atoms with Gasteiger partial charge in [-0.05, 0) is 34.0 Å². The molecule has 1 unspecified atom stereocenters. The van der Waals surface area contributed by atoms with E-state index in [1.165, 1.54) is 11.0 Å². The maximum absolute atomic E-state index is 13.7. The molecule has 0 N–H and O–H groups in total. The van der Waals surface area contributed by atoms with Crippen LogP contribution in [-0.2, 0) is 4.79 Å². The number of para-hydroxylation sites is 1. The molecule has 1 heterocycles. The van der Waals surface area contributed by atoms with Gasteiger partial charge in [0.1, 0.15) is 5.82 Å². The lowest BCUT2D eigenvalue weighted by atomic mass is 10.2. The highest BCUT2D eigenvalue weighted by atomic mass is 79.9. The van der Waals surface area contributed by atoms with E-state index in [4.69, 9.17) is 0 Å². The van der Waals surface area contributed by atoms with Gasteiger partial charge in [-0.15, -0.1) is 0 Å². The fourth-order valence-corrected chi connectivity index (χ4v) is 2.84. The van der Waals surface area contributed by atoms with Crippen LogP contribution in [0.5, 0.6) is 0 Å². The Kier molecular flexibility index (Phi) is 3.64. The predicted octanol–water partition coefficient (Wildman–Crippen LogP) is 3.34. The summed E-state index contributed by atoms with van der Waals surface area (Å²) in [5.74, 6) is -0.118. The summed E-state index contributed by atoms with van der Waals surface area (Å²) in [6.45, 7) is 0.573. The summed E-state index contributed by atoms with van der Waals surface area (Å²) in [6, 6.07) is 4.73. The van der Waals surface area contributed by atoms with E-state index in [9.17, 15) is 9.18 Å². The lowest BCUT2D eigenvalue weighted by Gasteiger charge is -2.18. The van der Waals surface area contributed by atoms with Crippen molar-refractivity contribution >= 4 is 43.5 Å². The minimum atomic E-state index is -0.363. The van der Waals surface area contributed by atoms with Crippen molar-refractivity contribution in [1.29, 1.82) is 0 Å². The number of nitrogens with zero attached hydrogens (tertiary/aromatic N) is 1. The molecule has 0 bridgehead atoms. The summed E-state index contributed by atoms with van der Waals surface area (Å²) in [5.41, 5.74) is 0.357. The molecular weight excluding hydrogens is 341 g/mol. The molecule has 0 spiro atoms. The van der Waals surface area contributed by atoms with Crippen molar-refractivity contribution in [3.63, 3.8) is 0 Å². The first-order valence-electron chi connectivity index (χ1n) is 4.94. The summed E-state index contributed by atoms with van der Waals surface area (Å²) in [7, 11) is 0. The van der Waals surface area contributed by atoms with Crippen LogP contribution in [0.3, 0.4) is 0 Å². The summed E-state index contributed by atoms with van der Waals surface area (Å²) in [5, 5.41) is 0.765. The Balaban J connectivity index is 2.35. The van der Waals surface area contributed by atoms with Crippen LogP contribution >= 0.6 is 31.9 Å². The second kappa shape index (κ2) is 4.84. The first-order chi connectivity index (χ1) is 7.63. The van der Waals surface area contributed by atoms with E-state index in [-0.39, 0.29) is 17.6 Å². The van der Waals surface area contributed by atoms with Crippen LogP contribution in [0.2, 0.25) is 0 Å². The minimum Gasteiger partial charge on any atom is -0.308 e. The smallest absolute Gasteiger partial charge is 0.227 e. The van der Waals surface area contributed by atoms with Gasteiger partial charge in [-0.1, -0.05) is 22.0 Å². The summed E-state index contributed by atoms with van der Waals surface area (Å²) >= 11 is 6.64. The topological polar surface area (TPSA) is 20.3 Å². The SMILES string of the molecule is O=C1CC(CBr)CN1c1c(F)cccc1Br. The van der Waals surface area contributed by atoms with Gasteiger partial charge in [-0.2, -0.15) is 0 Å². The van der Waals surface area contributed by atoms with Crippen molar-refractivity contribution in [2.45, 2.75) is 6.42 Å². The van der Waals surface area contributed by atoms with Crippen LogP contribution in [0.25, 0.3) is 0 Å². The van der Waals surface area contributed by atoms with Gasteiger partial charge in [0.2, 0.25) is 5.91 Å². The maximum atomic E-state index is 13.7. The molecule has 0 aliphatic carbocycles. The number of halogens is 3. The number of carbonyl (C=O) groups excluding carboxylic acids is 1. The van der Waals surface area contributed by atoms with E-state index in [0.717, 1.165) is 5.33 Å². The lowest BCUT2D eigenvalue weighted by Crippen LogP contribution is -2.26. The Labute approximate surface area is 110 Å². The van der Waals surface area contributed by atoms with Crippen molar-refractivity contribution in [2.75, 3.05) is 16.8 Å². The minimum absolute atomic E-state index is 0.0183. The molecule has 1 aromatic carbocycles. The average Bonchev–Trinajstić information content (AvgIpc) is 2.60. The Morgan fingerprint density at radius 1 is 1.50 bits per heavy atom.